The Morgan fingerprint density at radius 1 is 0.788 bits per heavy atom. The van der Waals surface area contributed by atoms with Gasteiger partial charge in [-0.25, -0.2) is 0 Å². The lowest BCUT2D eigenvalue weighted by atomic mass is 10.2. The van der Waals surface area contributed by atoms with Crippen LogP contribution in [0.4, 0.5) is 17.1 Å². The summed E-state index contributed by atoms with van der Waals surface area (Å²) in [5.74, 6) is -0.630. The van der Waals surface area contributed by atoms with Crippen molar-refractivity contribution < 1.29 is 23.9 Å². The number of hydrogen-bond acceptors (Lipinski definition) is 5. The summed E-state index contributed by atoms with van der Waals surface area (Å²) < 4.78 is 10.4. The van der Waals surface area contributed by atoms with Gasteiger partial charge in [-0.2, -0.15) is 0 Å². The van der Waals surface area contributed by atoms with Gasteiger partial charge in [0.2, 0.25) is 5.91 Å². The van der Waals surface area contributed by atoms with E-state index in [2.05, 4.69) is 5.32 Å². The fraction of sp³-hybridized carbons (Fsp3) is 0.192. The molecule has 0 aliphatic carbocycles. The van der Waals surface area contributed by atoms with Crippen LogP contribution in [0.5, 0.6) is 5.75 Å². The average Bonchev–Trinajstić information content (AvgIpc) is 2.84. The largest absolute Gasteiger partial charge is 0.494 e. The van der Waals surface area contributed by atoms with Crippen molar-refractivity contribution in [3.8, 4) is 5.75 Å². The van der Waals surface area contributed by atoms with Crippen molar-refractivity contribution in [1.29, 1.82) is 0 Å². The highest BCUT2D eigenvalue weighted by atomic mass is 16.5. The third kappa shape index (κ3) is 7.21. The predicted molar refractivity (Wildman–Crippen MR) is 126 cm³/mol. The van der Waals surface area contributed by atoms with E-state index in [0.29, 0.717) is 29.4 Å². The number of esters is 1. The van der Waals surface area contributed by atoms with E-state index in [0.717, 1.165) is 0 Å². The van der Waals surface area contributed by atoms with Crippen LogP contribution < -0.4 is 15.0 Å². The van der Waals surface area contributed by atoms with E-state index in [9.17, 15) is 14.4 Å². The molecule has 3 rings (SSSR count). The lowest BCUT2D eigenvalue weighted by Crippen LogP contribution is -2.27. The second-order valence-corrected chi connectivity index (χ2v) is 7.07. The molecular weight excluding hydrogens is 420 g/mol. The van der Waals surface area contributed by atoms with Gasteiger partial charge in [0.1, 0.15) is 5.75 Å². The molecule has 0 heterocycles. The van der Waals surface area contributed by atoms with Gasteiger partial charge in [-0.3, -0.25) is 19.3 Å². The summed E-state index contributed by atoms with van der Waals surface area (Å²) in [7, 11) is 0. The smallest absolute Gasteiger partial charge is 0.306 e. The van der Waals surface area contributed by atoms with Gasteiger partial charge in [0.15, 0.2) is 6.61 Å². The maximum absolute atomic E-state index is 12.9. The first kappa shape index (κ1) is 23.5. The fourth-order valence-corrected chi connectivity index (χ4v) is 3.13. The van der Waals surface area contributed by atoms with Crippen LogP contribution >= 0.6 is 0 Å². The Bertz CT molecular complexity index is 1010. The van der Waals surface area contributed by atoms with Crippen molar-refractivity contribution in [3.63, 3.8) is 0 Å². The normalized spacial score (nSPS) is 10.2. The molecule has 2 amide bonds. The zero-order chi connectivity index (χ0) is 23.5. The molecule has 0 radical (unpaired) electrons. The number of para-hydroxylation sites is 2. The average molecular weight is 447 g/mol. The second kappa shape index (κ2) is 12.0. The molecule has 0 spiro atoms. The minimum atomic E-state index is -0.619. The molecule has 0 aliphatic heterocycles. The highest BCUT2D eigenvalue weighted by Gasteiger charge is 2.19. The molecule has 0 saturated heterocycles. The molecular formula is C26H26N2O5. The van der Waals surface area contributed by atoms with E-state index in [1.807, 2.05) is 67.6 Å². The molecule has 1 N–H and O–H groups in total. The number of hydrogen-bond donors (Lipinski definition) is 1. The Kier molecular flexibility index (Phi) is 8.59. The van der Waals surface area contributed by atoms with E-state index < -0.39 is 18.5 Å². The first-order valence-corrected chi connectivity index (χ1v) is 10.7. The third-order valence-electron chi connectivity index (χ3n) is 4.63. The van der Waals surface area contributed by atoms with Crippen molar-refractivity contribution >= 4 is 34.8 Å². The van der Waals surface area contributed by atoms with Crippen molar-refractivity contribution in [2.24, 2.45) is 0 Å². The zero-order valence-electron chi connectivity index (χ0n) is 18.4. The third-order valence-corrected chi connectivity index (χ3v) is 4.63. The summed E-state index contributed by atoms with van der Waals surface area (Å²) in [6, 6.07) is 25.3. The Hall–Kier alpha value is -4.13. The number of anilines is 3. The summed E-state index contributed by atoms with van der Waals surface area (Å²) in [4.78, 5) is 38.7. The molecule has 3 aromatic rings. The highest BCUT2D eigenvalue weighted by molar-refractivity contribution is 6.01. The summed E-state index contributed by atoms with van der Waals surface area (Å²) in [6.45, 7) is 2.01. The van der Waals surface area contributed by atoms with Crippen molar-refractivity contribution in [1.82, 2.24) is 0 Å². The Morgan fingerprint density at radius 2 is 1.36 bits per heavy atom. The van der Waals surface area contributed by atoms with Crippen molar-refractivity contribution in [2.45, 2.75) is 19.8 Å². The van der Waals surface area contributed by atoms with Gasteiger partial charge in [-0.05, 0) is 55.5 Å². The molecule has 0 atom stereocenters. The van der Waals surface area contributed by atoms with Crippen molar-refractivity contribution in [3.05, 3.63) is 84.9 Å². The summed E-state index contributed by atoms with van der Waals surface area (Å²) in [6.07, 6.45) is -0.186. The first-order valence-electron chi connectivity index (χ1n) is 10.7. The minimum Gasteiger partial charge on any atom is -0.494 e. The molecule has 0 aliphatic rings. The van der Waals surface area contributed by atoms with Crippen LogP contribution in [0.1, 0.15) is 19.8 Å². The van der Waals surface area contributed by atoms with Gasteiger partial charge in [0.05, 0.1) is 13.0 Å². The molecule has 170 valence electrons. The number of nitrogens with one attached hydrogen (secondary N) is 1. The SMILES string of the molecule is CCOc1ccc(NC(=O)COC(=O)CCC(=O)N(c2ccccc2)c2ccccc2)cc1. The van der Waals surface area contributed by atoms with E-state index >= 15 is 0 Å². The van der Waals surface area contributed by atoms with Gasteiger partial charge in [0, 0.05) is 23.5 Å². The van der Waals surface area contributed by atoms with E-state index in [1.54, 1.807) is 29.2 Å². The molecule has 33 heavy (non-hydrogen) atoms. The molecule has 0 fully saturated rings. The number of carbonyl (C=O) groups is 3. The summed E-state index contributed by atoms with van der Waals surface area (Å²) >= 11 is 0. The first-order chi connectivity index (χ1) is 16.1. The van der Waals surface area contributed by atoms with Crippen LogP contribution in [-0.2, 0) is 19.1 Å². The summed E-state index contributed by atoms with van der Waals surface area (Å²) in [5, 5.41) is 2.65. The molecule has 7 heteroatoms. The predicted octanol–water partition coefficient (Wildman–Crippen LogP) is 4.71. The lowest BCUT2D eigenvalue weighted by Gasteiger charge is -2.23. The van der Waals surface area contributed by atoms with Crippen LogP contribution in [0.3, 0.4) is 0 Å². The number of amides is 2. The fourth-order valence-electron chi connectivity index (χ4n) is 3.13. The van der Waals surface area contributed by atoms with E-state index in [-0.39, 0.29) is 18.7 Å². The van der Waals surface area contributed by atoms with E-state index in [1.165, 1.54) is 0 Å². The topological polar surface area (TPSA) is 84.9 Å². The molecule has 0 aromatic heterocycles. The maximum Gasteiger partial charge on any atom is 0.306 e. The van der Waals surface area contributed by atoms with Gasteiger partial charge in [-0.15, -0.1) is 0 Å². The molecule has 7 nitrogen and oxygen atoms in total. The van der Waals surface area contributed by atoms with Gasteiger partial charge in [-0.1, -0.05) is 36.4 Å². The minimum absolute atomic E-state index is 0.0524. The van der Waals surface area contributed by atoms with Crippen LogP contribution in [0, 0.1) is 0 Å². The Balaban J connectivity index is 1.49. The van der Waals surface area contributed by atoms with Gasteiger partial charge in [0.25, 0.3) is 5.91 Å². The molecule has 0 bridgehead atoms. The van der Waals surface area contributed by atoms with Crippen molar-refractivity contribution in [2.75, 3.05) is 23.4 Å². The number of carbonyl (C=O) groups excluding carboxylic acids is 3. The van der Waals surface area contributed by atoms with Gasteiger partial charge >= 0.3 is 5.97 Å². The Labute approximate surface area is 192 Å². The van der Waals surface area contributed by atoms with E-state index in [4.69, 9.17) is 9.47 Å². The van der Waals surface area contributed by atoms with Crippen LogP contribution in [0.25, 0.3) is 0 Å². The molecule has 0 unspecified atom stereocenters. The maximum atomic E-state index is 12.9. The Morgan fingerprint density at radius 3 is 1.91 bits per heavy atom. The van der Waals surface area contributed by atoms with Gasteiger partial charge < -0.3 is 14.8 Å². The van der Waals surface area contributed by atoms with Crippen LogP contribution in [0.15, 0.2) is 84.9 Å². The standard InChI is InChI=1S/C26H26N2O5/c1-2-32-23-15-13-20(14-16-23)27-24(29)19-33-26(31)18-17-25(30)28(21-9-5-3-6-10-21)22-11-7-4-8-12-22/h3-16H,2,17-19H2,1H3,(H,27,29). The summed E-state index contributed by atoms with van der Waals surface area (Å²) in [5.41, 5.74) is 1.98. The number of nitrogens with zero attached hydrogens (tertiary/aromatic N) is 1. The zero-order valence-corrected chi connectivity index (χ0v) is 18.4. The lowest BCUT2D eigenvalue weighted by molar-refractivity contribution is -0.148. The number of ether oxygens (including phenoxy) is 2. The quantitative estimate of drug-likeness (QED) is 0.456. The number of benzene rings is 3. The number of rotatable bonds is 10. The monoisotopic (exact) mass is 446 g/mol. The van der Waals surface area contributed by atoms with Crippen LogP contribution in [0.2, 0.25) is 0 Å². The highest BCUT2D eigenvalue weighted by Crippen LogP contribution is 2.26. The molecule has 3 aromatic carbocycles. The van der Waals surface area contributed by atoms with Crippen LogP contribution in [-0.4, -0.2) is 31.0 Å². The molecule has 0 saturated carbocycles. The second-order valence-electron chi connectivity index (χ2n) is 7.07.